The van der Waals surface area contributed by atoms with Crippen molar-refractivity contribution < 1.29 is 13.7 Å². The Morgan fingerprint density at radius 3 is 2.58 bits per heavy atom. The maximum atomic E-state index is 12.4. The predicted octanol–water partition coefficient (Wildman–Crippen LogP) is 4.63. The van der Waals surface area contributed by atoms with Crippen LogP contribution in [0.5, 0.6) is 0 Å². The molecule has 0 saturated heterocycles. The SMILES string of the molecule is NC1=C(OSCc2cccc(Cl)c2)C(=O)C(c2ccc(Cl)cc2)O1. The van der Waals surface area contributed by atoms with Gasteiger partial charge < -0.3 is 14.7 Å². The van der Waals surface area contributed by atoms with Crippen LogP contribution in [0.1, 0.15) is 17.2 Å². The molecule has 0 aromatic heterocycles. The summed E-state index contributed by atoms with van der Waals surface area (Å²) in [6.45, 7) is 0. The van der Waals surface area contributed by atoms with E-state index in [-0.39, 0.29) is 17.4 Å². The summed E-state index contributed by atoms with van der Waals surface area (Å²) in [5.41, 5.74) is 7.43. The number of benzene rings is 2. The van der Waals surface area contributed by atoms with Crippen molar-refractivity contribution in [2.75, 3.05) is 0 Å². The molecule has 1 heterocycles. The minimum Gasteiger partial charge on any atom is -0.460 e. The number of rotatable bonds is 5. The van der Waals surface area contributed by atoms with Crippen molar-refractivity contribution in [2.24, 2.45) is 5.73 Å². The molecule has 24 heavy (non-hydrogen) atoms. The van der Waals surface area contributed by atoms with Crippen LogP contribution in [0.15, 0.2) is 60.2 Å². The van der Waals surface area contributed by atoms with Crippen molar-refractivity contribution in [1.29, 1.82) is 0 Å². The highest BCUT2D eigenvalue weighted by Crippen LogP contribution is 2.34. The van der Waals surface area contributed by atoms with Crippen molar-refractivity contribution >= 4 is 41.0 Å². The van der Waals surface area contributed by atoms with E-state index in [1.807, 2.05) is 18.2 Å². The van der Waals surface area contributed by atoms with E-state index < -0.39 is 6.10 Å². The average molecular weight is 382 g/mol. The average Bonchev–Trinajstić information content (AvgIpc) is 2.84. The van der Waals surface area contributed by atoms with Crippen molar-refractivity contribution in [3.63, 3.8) is 0 Å². The van der Waals surface area contributed by atoms with Gasteiger partial charge in [0.05, 0.1) is 17.8 Å². The van der Waals surface area contributed by atoms with Crippen LogP contribution in [0.3, 0.4) is 0 Å². The van der Waals surface area contributed by atoms with Crippen LogP contribution in [0.4, 0.5) is 0 Å². The van der Waals surface area contributed by atoms with Gasteiger partial charge in [-0.1, -0.05) is 47.5 Å². The van der Waals surface area contributed by atoms with Gasteiger partial charge in [-0.3, -0.25) is 4.79 Å². The Labute approximate surface area is 153 Å². The molecule has 0 bridgehead atoms. The molecule has 124 valence electrons. The third kappa shape index (κ3) is 3.80. The van der Waals surface area contributed by atoms with Crippen LogP contribution in [0.2, 0.25) is 10.0 Å². The maximum Gasteiger partial charge on any atom is 0.249 e. The van der Waals surface area contributed by atoms with Gasteiger partial charge >= 0.3 is 0 Å². The van der Waals surface area contributed by atoms with Gasteiger partial charge in [-0.25, -0.2) is 0 Å². The number of carbonyl (C=O) groups is 1. The van der Waals surface area contributed by atoms with Gasteiger partial charge in [0.2, 0.25) is 17.4 Å². The predicted molar refractivity (Wildman–Crippen MR) is 95.3 cm³/mol. The molecule has 7 heteroatoms. The van der Waals surface area contributed by atoms with Crippen LogP contribution in [0.25, 0.3) is 0 Å². The summed E-state index contributed by atoms with van der Waals surface area (Å²) in [5, 5.41) is 1.23. The smallest absolute Gasteiger partial charge is 0.249 e. The summed E-state index contributed by atoms with van der Waals surface area (Å²) < 4.78 is 10.9. The molecule has 0 radical (unpaired) electrons. The minimum atomic E-state index is -0.802. The van der Waals surface area contributed by atoms with Gasteiger partial charge in [0, 0.05) is 15.6 Å². The summed E-state index contributed by atoms with van der Waals surface area (Å²) in [7, 11) is 0. The second-order valence-corrected chi connectivity index (χ2v) is 6.65. The second kappa shape index (κ2) is 7.38. The van der Waals surface area contributed by atoms with Gasteiger partial charge in [-0.15, -0.1) is 0 Å². The number of hydrogen-bond donors (Lipinski definition) is 1. The molecule has 1 unspecified atom stereocenters. The Balaban J connectivity index is 1.62. The third-order valence-electron chi connectivity index (χ3n) is 3.36. The standard InChI is InChI=1S/C17H13Cl2NO3S/c18-12-6-4-11(5-7-12)15-14(21)16(17(20)22-15)23-24-9-10-2-1-3-13(19)8-10/h1-8,15H,9,20H2. The van der Waals surface area contributed by atoms with E-state index in [2.05, 4.69) is 0 Å². The number of ether oxygens (including phenoxy) is 1. The zero-order valence-electron chi connectivity index (χ0n) is 12.4. The van der Waals surface area contributed by atoms with Crippen LogP contribution in [-0.4, -0.2) is 5.78 Å². The molecule has 0 amide bonds. The lowest BCUT2D eigenvalue weighted by Crippen LogP contribution is -2.10. The Kier molecular flexibility index (Phi) is 5.23. The molecule has 2 aromatic carbocycles. The molecule has 1 aliphatic heterocycles. The summed E-state index contributed by atoms with van der Waals surface area (Å²) in [4.78, 5) is 12.4. The molecule has 0 fully saturated rings. The van der Waals surface area contributed by atoms with Crippen LogP contribution in [-0.2, 0) is 19.5 Å². The molecule has 0 spiro atoms. The van der Waals surface area contributed by atoms with Crippen molar-refractivity contribution in [2.45, 2.75) is 11.9 Å². The van der Waals surface area contributed by atoms with E-state index in [1.165, 1.54) is 0 Å². The molecule has 1 atom stereocenters. The Morgan fingerprint density at radius 2 is 1.88 bits per heavy atom. The Morgan fingerprint density at radius 1 is 1.12 bits per heavy atom. The number of halogens is 2. The number of nitrogens with two attached hydrogens (primary N) is 1. The van der Waals surface area contributed by atoms with E-state index in [9.17, 15) is 4.79 Å². The monoisotopic (exact) mass is 381 g/mol. The molecule has 3 rings (SSSR count). The summed E-state index contributed by atoms with van der Waals surface area (Å²) in [6.07, 6.45) is -0.802. The van der Waals surface area contributed by atoms with Crippen LogP contribution >= 0.6 is 35.2 Å². The Hall–Kier alpha value is -1.82. The first-order valence-corrected chi connectivity index (χ1v) is 8.71. The fourth-order valence-electron chi connectivity index (χ4n) is 2.20. The highest BCUT2D eigenvalue weighted by Gasteiger charge is 2.37. The fourth-order valence-corrected chi connectivity index (χ4v) is 3.19. The lowest BCUT2D eigenvalue weighted by molar-refractivity contribution is -0.122. The number of Topliss-reactive ketones (excluding diaryl/α,β-unsaturated/α-hetero) is 1. The number of carbonyl (C=O) groups excluding carboxylic acids is 1. The third-order valence-corrected chi connectivity index (χ3v) is 4.58. The summed E-state index contributed by atoms with van der Waals surface area (Å²) in [6, 6.07) is 14.2. The zero-order chi connectivity index (χ0) is 17.1. The first-order chi connectivity index (χ1) is 11.5. The van der Waals surface area contributed by atoms with E-state index in [4.69, 9.17) is 37.9 Å². The van der Waals surface area contributed by atoms with Gasteiger partial charge in [0.15, 0.2) is 6.10 Å². The highest BCUT2D eigenvalue weighted by molar-refractivity contribution is 7.94. The molecule has 4 nitrogen and oxygen atoms in total. The molecular formula is C17H13Cl2NO3S. The topological polar surface area (TPSA) is 61.5 Å². The lowest BCUT2D eigenvalue weighted by atomic mass is 10.1. The van der Waals surface area contributed by atoms with Gasteiger partial charge in [0.1, 0.15) is 0 Å². The summed E-state index contributed by atoms with van der Waals surface area (Å²) >= 11 is 12.9. The van der Waals surface area contributed by atoms with E-state index in [0.29, 0.717) is 21.4 Å². The molecule has 1 aliphatic rings. The highest BCUT2D eigenvalue weighted by atomic mass is 35.5. The van der Waals surface area contributed by atoms with Crippen molar-refractivity contribution in [3.05, 3.63) is 81.3 Å². The molecule has 0 aliphatic carbocycles. The van der Waals surface area contributed by atoms with Crippen molar-refractivity contribution in [3.8, 4) is 0 Å². The fraction of sp³-hybridized carbons (Fsp3) is 0.118. The molecular weight excluding hydrogens is 369 g/mol. The molecule has 2 aromatic rings. The van der Waals surface area contributed by atoms with Crippen molar-refractivity contribution in [1.82, 2.24) is 0 Å². The van der Waals surface area contributed by atoms with E-state index in [1.54, 1.807) is 30.3 Å². The normalized spacial score (nSPS) is 17.1. The van der Waals surface area contributed by atoms with Crippen LogP contribution < -0.4 is 5.73 Å². The van der Waals surface area contributed by atoms with Crippen LogP contribution in [0, 0.1) is 0 Å². The quantitative estimate of drug-likeness (QED) is 0.765. The largest absolute Gasteiger partial charge is 0.460 e. The Bertz CT molecular complexity index is 793. The lowest BCUT2D eigenvalue weighted by Gasteiger charge is -2.09. The van der Waals surface area contributed by atoms with E-state index in [0.717, 1.165) is 17.6 Å². The second-order valence-electron chi connectivity index (χ2n) is 5.08. The van der Waals surface area contributed by atoms with E-state index >= 15 is 0 Å². The molecule has 0 saturated carbocycles. The van der Waals surface area contributed by atoms with Gasteiger partial charge in [-0.2, -0.15) is 0 Å². The zero-order valence-corrected chi connectivity index (χ0v) is 14.7. The summed E-state index contributed by atoms with van der Waals surface area (Å²) in [5.74, 6) is 0.227. The molecule has 2 N–H and O–H groups in total. The van der Waals surface area contributed by atoms with Gasteiger partial charge in [-0.05, 0) is 29.8 Å². The van der Waals surface area contributed by atoms with Gasteiger partial charge in [0.25, 0.3) is 0 Å². The number of hydrogen-bond acceptors (Lipinski definition) is 5. The minimum absolute atomic E-state index is 0.0152. The maximum absolute atomic E-state index is 12.4. The first-order valence-electron chi connectivity index (χ1n) is 7.04. The first kappa shape index (κ1) is 17.0. The number of ketones is 1.